The van der Waals surface area contributed by atoms with Crippen LogP contribution in [0.1, 0.15) is 153 Å². The number of rotatable bonds is 29. The molecule has 2 aliphatic heterocycles. The van der Waals surface area contributed by atoms with Gasteiger partial charge in [0.25, 0.3) is 0 Å². The van der Waals surface area contributed by atoms with Crippen molar-refractivity contribution in [3.63, 3.8) is 0 Å². The summed E-state index contributed by atoms with van der Waals surface area (Å²) >= 11 is 1.79. The van der Waals surface area contributed by atoms with Crippen molar-refractivity contribution in [2.75, 3.05) is 38.7 Å². The van der Waals surface area contributed by atoms with E-state index in [4.69, 9.17) is 28.9 Å². The molecule has 7 atom stereocenters. The third-order valence-electron chi connectivity index (χ3n) is 13.3. The molecule has 3 heterocycles. The maximum Gasteiger partial charge on any atom is 0.412 e. The molecule has 2 aliphatic carbocycles. The van der Waals surface area contributed by atoms with Crippen LogP contribution < -0.4 is 14.8 Å². The highest BCUT2D eigenvalue weighted by molar-refractivity contribution is 8.00. The number of thioether (sulfide) groups is 1. The van der Waals surface area contributed by atoms with E-state index >= 15 is 0 Å². The summed E-state index contributed by atoms with van der Waals surface area (Å²) in [5.74, 6) is 0.650. The normalized spacial score (nSPS) is 25.4. The Hall–Kier alpha value is -3.49. The zero-order chi connectivity index (χ0) is 44.8. The van der Waals surface area contributed by atoms with Gasteiger partial charge in [-0.3, -0.25) is 9.97 Å². The number of fused-ring (bicyclic) bond motifs is 2. The SMILES string of the molecule is C=CCO[C@@]12Oc3ccc(OC(=O)NCCCCCCCCCCCC)cc3[C@H]3[C@H](CCCCO)[C@@H](CCCCO)C=C(C(=NOC4CCCCO4)C[C@@H]1SCCc1cnccn1)[C@H]32. The number of allylic oxidation sites excluding steroid dienone is 1. The minimum Gasteiger partial charge on any atom is -0.460 e. The van der Waals surface area contributed by atoms with Crippen molar-refractivity contribution in [3.8, 4) is 11.5 Å². The lowest BCUT2D eigenvalue weighted by Crippen LogP contribution is -2.64. The van der Waals surface area contributed by atoms with E-state index in [1.165, 1.54) is 51.4 Å². The van der Waals surface area contributed by atoms with E-state index < -0.39 is 18.2 Å². The van der Waals surface area contributed by atoms with Crippen LogP contribution in [0.25, 0.3) is 0 Å². The van der Waals surface area contributed by atoms with Crippen molar-refractivity contribution in [2.45, 2.75) is 165 Å². The van der Waals surface area contributed by atoms with Crippen molar-refractivity contribution < 1.29 is 38.8 Å². The van der Waals surface area contributed by atoms with Gasteiger partial charge < -0.3 is 39.3 Å². The fourth-order valence-corrected chi connectivity index (χ4v) is 11.5. The number of hydrogen-bond acceptors (Lipinski definition) is 12. The van der Waals surface area contributed by atoms with Crippen LogP contribution in [0.15, 0.2) is 66.2 Å². The summed E-state index contributed by atoms with van der Waals surface area (Å²) in [5, 5.41) is 27.6. The van der Waals surface area contributed by atoms with E-state index in [0.717, 1.165) is 92.5 Å². The Bertz CT molecular complexity index is 1760. The Labute approximate surface area is 386 Å². The molecule has 1 aromatic carbocycles. The third-order valence-corrected chi connectivity index (χ3v) is 14.7. The Morgan fingerprint density at radius 2 is 1.78 bits per heavy atom. The van der Waals surface area contributed by atoms with Crippen molar-refractivity contribution in [1.29, 1.82) is 0 Å². The van der Waals surface area contributed by atoms with Gasteiger partial charge in [-0.2, -0.15) is 11.8 Å². The number of aliphatic hydroxyl groups is 2. The Morgan fingerprint density at radius 3 is 2.50 bits per heavy atom. The second-order valence-corrected chi connectivity index (χ2v) is 19.3. The number of aryl methyl sites for hydroxylation is 1. The van der Waals surface area contributed by atoms with Gasteiger partial charge in [0.2, 0.25) is 12.1 Å². The molecule has 1 unspecified atom stereocenters. The molecule has 12 nitrogen and oxygen atoms in total. The molecule has 64 heavy (non-hydrogen) atoms. The lowest BCUT2D eigenvalue weighted by atomic mass is 9.56. The summed E-state index contributed by atoms with van der Waals surface area (Å²) in [6, 6.07) is 5.76. The highest BCUT2D eigenvalue weighted by atomic mass is 32.2. The fraction of sp³-hybridized carbons (Fsp3) is 0.686. The molecule has 13 heteroatoms. The van der Waals surface area contributed by atoms with Gasteiger partial charge in [0.1, 0.15) is 11.5 Å². The summed E-state index contributed by atoms with van der Waals surface area (Å²) in [5.41, 5.74) is 3.80. The molecule has 354 valence electrons. The number of aliphatic hydroxyl groups excluding tert-OH is 2. The van der Waals surface area contributed by atoms with Crippen molar-refractivity contribution in [3.05, 3.63) is 72.4 Å². The van der Waals surface area contributed by atoms with Gasteiger partial charge in [-0.1, -0.05) is 94.9 Å². The first-order valence-electron chi connectivity index (χ1n) is 24.7. The van der Waals surface area contributed by atoms with E-state index in [1.54, 1.807) is 30.2 Å². The van der Waals surface area contributed by atoms with Crippen LogP contribution in [0.4, 0.5) is 4.79 Å². The van der Waals surface area contributed by atoms with Crippen molar-refractivity contribution in [2.24, 2.45) is 22.9 Å². The number of carbonyl (C=O) groups excluding carboxylic acids is 1. The number of hydrogen-bond donors (Lipinski definition) is 3. The number of nitrogens with one attached hydrogen (secondary N) is 1. The van der Waals surface area contributed by atoms with E-state index in [2.05, 4.69) is 34.9 Å². The van der Waals surface area contributed by atoms with E-state index in [-0.39, 0.29) is 48.7 Å². The summed E-state index contributed by atoms with van der Waals surface area (Å²) in [7, 11) is 0. The number of carbonyl (C=O) groups is 1. The first-order valence-corrected chi connectivity index (χ1v) is 25.7. The molecule has 0 bridgehead atoms. The molecule has 0 radical (unpaired) electrons. The molecule has 4 aliphatic rings. The molecular formula is C51H76N4O8S. The van der Waals surface area contributed by atoms with Crippen LogP contribution in [0.5, 0.6) is 11.5 Å². The van der Waals surface area contributed by atoms with E-state index in [0.29, 0.717) is 43.9 Å². The molecule has 1 amide bonds. The molecule has 1 aromatic heterocycles. The largest absolute Gasteiger partial charge is 0.460 e. The monoisotopic (exact) mass is 905 g/mol. The average molecular weight is 905 g/mol. The zero-order valence-corrected chi connectivity index (χ0v) is 39.3. The van der Waals surface area contributed by atoms with Crippen LogP contribution in [0, 0.1) is 17.8 Å². The average Bonchev–Trinajstić information content (AvgIpc) is 3.31. The van der Waals surface area contributed by atoms with Crippen LogP contribution in [-0.4, -0.2) is 88.0 Å². The smallest absolute Gasteiger partial charge is 0.412 e. The number of oxime groups is 1. The molecule has 1 saturated carbocycles. The molecular weight excluding hydrogens is 829 g/mol. The summed E-state index contributed by atoms with van der Waals surface area (Å²) < 4.78 is 26.4. The molecule has 3 N–H and O–H groups in total. The molecule has 6 rings (SSSR count). The number of amides is 1. The maximum absolute atomic E-state index is 13.3. The van der Waals surface area contributed by atoms with Gasteiger partial charge in [-0.25, -0.2) is 4.79 Å². The van der Waals surface area contributed by atoms with Gasteiger partial charge in [-0.05, 0) is 86.3 Å². The zero-order valence-electron chi connectivity index (χ0n) is 38.5. The lowest BCUT2D eigenvalue weighted by Gasteiger charge is -2.58. The maximum atomic E-state index is 13.3. The highest BCUT2D eigenvalue weighted by Crippen LogP contribution is 2.62. The van der Waals surface area contributed by atoms with E-state index in [1.807, 2.05) is 24.4 Å². The first-order chi connectivity index (χ1) is 31.5. The Morgan fingerprint density at radius 1 is 1.00 bits per heavy atom. The molecule has 0 spiro atoms. The van der Waals surface area contributed by atoms with Gasteiger partial charge in [0.05, 0.1) is 35.8 Å². The van der Waals surface area contributed by atoms with Crippen LogP contribution >= 0.6 is 11.8 Å². The van der Waals surface area contributed by atoms with Crippen molar-refractivity contribution in [1.82, 2.24) is 15.3 Å². The highest BCUT2D eigenvalue weighted by Gasteiger charge is 2.64. The van der Waals surface area contributed by atoms with Gasteiger partial charge in [0.15, 0.2) is 0 Å². The summed E-state index contributed by atoms with van der Waals surface area (Å²) in [6.45, 7) is 8.07. The number of aromatic nitrogens is 2. The quantitative estimate of drug-likeness (QED) is 0.0406. The van der Waals surface area contributed by atoms with Gasteiger partial charge in [0, 0.05) is 69.1 Å². The van der Waals surface area contributed by atoms with Crippen LogP contribution in [0.3, 0.4) is 0 Å². The topological polar surface area (TPSA) is 154 Å². The minimum absolute atomic E-state index is 0.121. The van der Waals surface area contributed by atoms with Gasteiger partial charge in [-0.15, -0.1) is 6.58 Å². The predicted molar refractivity (Wildman–Crippen MR) is 254 cm³/mol. The second kappa shape index (κ2) is 27.2. The number of ether oxygens (including phenoxy) is 4. The van der Waals surface area contributed by atoms with E-state index in [9.17, 15) is 15.0 Å². The summed E-state index contributed by atoms with van der Waals surface area (Å²) in [4.78, 5) is 28.4. The molecule has 2 aromatic rings. The summed E-state index contributed by atoms with van der Waals surface area (Å²) in [6.07, 6.45) is 29.8. The lowest BCUT2D eigenvalue weighted by molar-refractivity contribution is -0.223. The minimum atomic E-state index is -1.11. The van der Waals surface area contributed by atoms with Crippen LogP contribution in [-0.2, 0) is 20.7 Å². The van der Waals surface area contributed by atoms with Crippen LogP contribution in [0.2, 0.25) is 0 Å². The molecule has 1 saturated heterocycles. The third kappa shape index (κ3) is 14.0. The standard InChI is InChI=1S/C51H76N4O8S/c1-3-5-6-7-8-9-10-11-12-16-26-54-50(58)61-40-23-24-45-43(35-40)48-41(21-14-18-30-57)38(20-13-17-29-56)34-42-44(55-63-47-22-15-19-32-59-47)36-46(51(62-45,49(42)48)60-31-4-2)64-33-25-39-37-52-27-28-53-39/h4,23-24,27-28,34-35,37-38,41,46-49,56-57H,2-3,5-22,25-26,29-33,36H2,1H3,(H,54,58)/t38-,41+,46-,47?,48+,49+,51+/m0/s1. The first kappa shape index (κ1) is 49.9. The Kier molecular flexibility index (Phi) is 21.2. The van der Waals surface area contributed by atoms with Gasteiger partial charge >= 0.3 is 6.09 Å². The number of unbranched alkanes of at least 4 members (excludes halogenated alkanes) is 11. The Balaban J connectivity index is 1.31. The number of benzene rings is 1. The predicted octanol–water partition coefficient (Wildman–Crippen LogP) is 10.6. The molecule has 2 fully saturated rings. The van der Waals surface area contributed by atoms with Crippen molar-refractivity contribution >= 4 is 23.6 Å². The second-order valence-electron chi connectivity index (χ2n) is 18.0. The number of nitrogens with zero attached hydrogens (tertiary/aromatic N) is 3. The fourth-order valence-electron chi connectivity index (χ4n) is 10.2.